The van der Waals surface area contributed by atoms with Crippen LogP contribution in [0.25, 0.3) is 0 Å². The molecule has 82 valence electrons. The third-order valence-corrected chi connectivity index (χ3v) is 4.48. The van der Waals surface area contributed by atoms with E-state index in [4.69, 9.17) is 5.73 Å². The summed E-state index contributed by atoms with van der Waals surface area (Å²) in [7, 11) is 0. The van der Waals surface area contributed by atoms with Crippen molar-refractivity contribution >= 4 is 0 Å². The molecule has 2 saturated carbocycles. The first-order chi connectivity index (χ1) is 6.43. The quantitative estimate of drug-likeness (QED) is 0.711. The van der Waals surface area contributed by atoms with E-state index in [-0.39, 0.29) is 5.41 Å². The molecule has 0 aromatic rings. The minimum Gasteiger partial charge on any atom is -0.389 e. The van der Waals surface area contributed by atoms with Crippen LogP contribution in [0.5, 0.6) is 0 Å². The summed E-state index contributed by atoms with van der Waals surface area (Å²) >= 11 is 0. The molecule has 2 fully saturated rings. The van der Waals surface area contributed by atoms with E-state index < -0.39 is 5.60 Å². The fourth-order valence-corrected chi connectivity index (χ4v) is 3.82. The summed E-state index contributed by atoms with van der Waals surface area (Å²) < 4.78 is 0. The minimum atomic E-state index is -0.443. The standard InChI is InChI=1S/C12H23NO/c1-10(2)7-12(14,8-10)11(9-13)5-3-4-6-11/h14H,3-9,13H2,1-2H3. The molecule has 0 aliphatic heterocycles. The average Bonchev–Trinajstić information content (AvgIpc) is 2.49. The number of hydrogen-bond acceptors (Lipinski definition) is 2. The molecule has 0 unspecified atom stereocenters. The van der Waals surface area contributed by atoms with E-state index in [1.807, 2.05) is 0 Å². The smallest absolute Gasteiger partial charge is 0.0726 e. The van der Waals surface area contributed by atoms with Crippen molar-refractivity contribution < 1.29 is 5.11 Å². The Morgan fingerprint density at radius 2 is 1.64 bits per heavy atom. The molecular weight excluding hydrogens is 174 g/mol. The van der Waals surface area contributed by atoms with Gasteiger partial charge >= 0.3 is 0 Å². The van der Waals surface area contributed by atoms with Crippen LogP contribution in [0.2, 0.25) is 0 Å². The molecule has 3 N–H and O–H groups in total. The van der Waals surface area contributed by atoms with Gasteiger partial charge in [0, 0.05) is 12.0 Å². The molecule has 0 bridgehead atoms. The topological polar surface area (TPSA) is 46.2 Å². The molecule has 2 nitrogen and oxygen atoms in total. The van der Waals surface area contributed by atoms with E-state index in [1.165, 1.54) is 12.8 Å². The molecular formula is C12H23NO. The lowest BCUT2D eigenvalue weighted by Crippen LogP contribution is -2.61. The molecule has 2 aliphatic rings. The summed E-state index contributed by atoms with van der Waals surface area (Å²) in [6.45, 7) is 5.14. The van der Waals surface area contributed by atoms with Crippen LogP contribution < -0.4 is 5.73 Å². The highest BCUT2D eigenvalue weighted by Crippen LogP contribution is 2.60. The average molecular weight is 197 g/mol. The van der Waals surface area contributed by atoms with Gasteiger partial charge in [0.1, 0.15) is 0 Å². The molecule has 0 atom stereocenters. The van der Waals surface area contributed by atoms with Crippen LogP contribution in [0, 0.1) is 10.8 Å². The monoisotopic (exact) mass is 197 g/mol. The van der Waals surface area contributed by atoms with Gasteiger partial charge < -0.3 is 10.8 Å². The molecule has 0 saturated heterocycles. The fourth-order valence-electron chi connectivity index (χ4n) is 3.82. The van der Waals surface area contributed by atoms with Crippen LogP contribution in [0.1, 0.15) is 52.4 Å². The first kappa shape index (κ1) is 10.4. The Morgan fingerprint density at radius 1 is 1.14 bits per heavy atom. The molecule has 0 radical (unpaired) electrons. The highest BCUT2D eigenvalue weighted by molar-refractivity contribution is 5.11. The maximum absolute atomic E-state index is 10.6. The molecule has 0 aromatic heterocycles. The number of hydrogen-bond donors (Lipinski definition) is 2. The molecule has 14 heavy (non-hydrogen) atoms. The highest BCUT2D eigenvalue weighted by atomic mass is 16.3. The number of aliphatic hydroxyl groups is 1. The van der Waals surface area contributed by atoms with Gasteiger partial charge in [-0.05, 0) is 31.1 Å². The molecule has 0 heterocycles. The molecule has 2 heteroatoms. The van der Waals surface area contributed by atoms with Crippen LogP contribution in [-0.2, 0) is 0 Å². The van der Waals surface area contributed by atoms with E-state index in [2.05, 4.69) is 13.8 Å². The Bertz CT molecular complexity index is 220. The van der Waals surface area contributed by atoms with E-state index >= 15 is 0 Å². The van der Waals surface area contributed by atoms with Crippen LogP contribution in [0.15, 0.2) is 0 Å². The Labute approximate surface area is 86.9 Å². The third kappa shape index (κ3) is 1.31. The van der Waals surface area contributed by atoms with Crippen molar-refractivity contribution in [3.05, 3.63) is 0 Å². The van der Waals surface area contributed by atoms with Crippen molar-refractivity contribution in [3.8, 4) is 0 Å². The fraction of sp³-hybridized carbons (Fsp3) is 1.00. The Hall–Kier alpha value is -0.0800. The summed E-state index contributed by atoms with van der Waals surface area (Å²) in [5.74, 6) is 0. The van der Waals surface area contributed by atoms with Gasteiger partial charge in [0.15, 0.2) is 0 Å². The molecule has 0 amide bonds. The van der Waals surface area contributed by atoms with Crippen molar-refractivity contribution in [2.75, 3.05) is 6.54 Å². The summed E-state index contributed by atoms with van der Waals surface area (Å²) in [6, 6.07) is 0. The van der Waals surface area contributed by atoms with Gasteiger partial charge in [0.25, 0.3) is 0 Å². The van der Waals surface area contributed by atoms with E-state index in [9.17, 15) is 5.11 Å². The first-order valence-corrected chi connectivity index (χ1v) is 5.86. The van der Waals surface area contributed by atoms with Crippen LogP contribution in [0.4, 0.5) is 0 Å². The third-order valence-electron chi connectivity index (χ3n) is 4.48. The normalized spacial score (nSPS) is 32.6. The first-order valence-electron chi connectivity index (χ1n) is 5.86. The largest absolute Gasteiger partial charge is 0.389 e. The lowest BCUT2D eigenvalue weighted by molar-refractivity contribution is -0.190. The van der Waals surface area contributed by atoms with Gasteiger partial charge in [-0.15, -0.1) is 0 Å². The SMILES string of the molecule is CC1(C)CC(O)(C2(CN)CCCC2)C1. The van der Waals surface area contributed by atoms with Crippen molar-refractivity contribution in [1.82, 2.24) is 0 Å². The van der Waals surface area contributed by atoms with E-state index in [0.717, 1.165) is 25.7 Å². The molecule has 2 rings (SSSR count). The van der Waals surface area contributed by atoms with Crippen LogP contribution >= 0.6 is 0 Å². The zero-order valence-corrected chi connectivity index (χ0v) is 9.47. The zero-order chi connectivity index (χ0) is 10.4. The maximum Gasteiger partial charge on any atom is 0.0726 e. The second-order valence-electron chi connectivity index (χ2n) is 6.24. The van der Waals surface area contributed by atoms with Gasteiger partial charge in [0.2, 0.25) is 0 Å². The minimum absolute atomic E-state index is 0.0581. The van der Waals surface area contributed by atoms with Crippen LogP contribution in [0.3, 0.4) is 0 Å². The number of nitrogens with two attached hydrogens (primary N) is 1. The predicted octanol–water partition coefficient (Wildman–Crippen LogP) is 2.06. The maximum atomic E-state index is 10.6. The lowest BCUT2D eigenvalue weighted by Gasteiger charge is -2.58. The summed E-state index contributed by atoms with van der Waals surface area (Å²) in [6.07, 6.45) is 6.65. The zero-order valence-electron chi connectivity index (χ0n) is 9.47. The Kier molecular flexibility index (Phi) is 2.20. The van der Waals surface area contributed by atoms with E-state index in [0.29, 0.717) is 12.0 Å². The second kappa shape index (κ2) is 2.96. The number of rotatable bonds is 2. The molecule has 2 aliphatic carbocycles. The van der Waals surface area contributed by atoms with Crippen molar-refractivity contribution in [3.63, 3.8) is 0 Å². The predicted molar refractivity (Wildman–Crippen MR) is 57.9 cm³/mol. The van der Waals surface area contributed by atoms with Crippen molar-refractivity contribution in [1.29, 1.82) is 0 Å². The van der Waals surface area contributed by atoms with Gasteiger partial charge in [-0.3, -0.25) is 0 Å². The van der Waals surface area contributed by atoms with Crippen molar-refractivity contribution in [2.24, 2.45) is 16.6 Å². The van der Waals surface area contributed by atoms with Crippen LogP contribution in [-0.4, -0.2) is 17.3 Å². The van der Waals surface area contributed by atoms with Gasteiger partial charge in [0.05, 0.1) is 5.60 Å². The summed E-state index contributed by atoms with van der Waals surface area (Å²) in [5, 5.41) is 10.6. The lowest BCUT2D eigenvalue weighted by atomic mass is 9.51. The van der Waals surface area contributed by atoms with E-state index in [1.54, 1.807) is 0 Å². The summed E-state index contributed by atoms with van der Waals surface area (Å²) in [4.78, 5) is 0. The molecule has 0 aromatic carbocycles. The Morgan fingerprint density at radius 3 is 2.00 bits per heavy atom. The Balaban J connectivity index is 2.13. The highest BCUT2D eigenvalue weighted by Gasteiger charge is 2.60. The van der Waals surface area contributed by atoms with Gasteiger partial charge in [-0.2, -0.15) is 0 Å². The van der Waals surface area contributed by atoms with Crippen molar-refractivity contribution in [2.45, 2.75) is 58.0 Å². The summed E-state index contributed by atoms with van der Waals surface area (Å²) in [5.41, 5.74) is 5.84. The second-order valence-corrected chi connectivity index (χ2v) is 6.24. The molecule has 0 spiro atoms. The van der Waals surface area contributed by atoms with Gasteiger partial charge in [-0.25, -0.2) is 0 Å². The van der Waals surface area contributed by atoms with Gasteiger partial charge in [-0.1, -0.05) is 26.7 Å².